The first-order chi connectivity index (χ1) is 10.7. The van der Waals surface area contributed by atoms with Crippen LogP contribution in [-0.4, -0.2) is 57.8 Å². The van der Waals surface area contributed by atoms with Gasteiger partial charge in [0.05, 0.1) is 17.7 Å². The van der Waals surface area contributed by atoms with Crippen molar-refractivity contribution < 1.29 is 0 Å². The second-order valence-corrected chi connectivity index (χ2v) is 7.22. The minimum atomic E-state index is 0.788. The van der Waals surface area contributed by atoms with Gasteiger partial charge >= 0.3 is 0 Å². The van der Waals surface area contributed by atoms with Crippen LogP contribution in [0.1, 0.15) is 17.0 Å². The molecule has 0 aromatic carbocycles. The van der Waals surface area contributed by atoms with Crippen molar-refractivity contribution in [2.45, 2.75) is 26.4 Å². The topological polar surface area (TPSA) is 37.2 Å². The first-order valence-corrected chi connectivity index (χ1v) is 8.86. The fourth-order valence-corrected chi connectivity index (χ4v) is 4.03. The molecule has 1 aliphatic rings. The van der Waals surface area contributed by atoms with E-state index in [0.717, 1.165) is 25.6 Å². The molecule has 1 saturated heterocycles. The molecular weight excluding hydrogens is 294 g/mol. The molecule has 1 fully saturated rings. The molecule has 120 valence electrons. The summed E-state index contributed by atoms with van der Waals surface area (Å²) in [5.41, 5.74) is 3.13. The molecule has 5 nitrogen and oxygen atoms in total. The van der Waals surface area contributed by atoms with Crippen molar-refractivity contribution in [1.29, 1.82) is 0 Å². The Labute approximate surface area is 136 Å². The highest BCUT2D eigenvalue weighted by atomic mass is 32.1. The maximum Gasteiger partial charge on any atom is 0.0798 e. The Kier molecular flexibility index (Phi) is 5.23. The molecule has 0 saturated carbocycles. The summed E-state index contributed by atoms with van der Waals surface area (Å²) in [7, 11) is 2.23. The molecule has 3 rings (SSSR count). The van der Waals surface area contributed by atoms with Crippen LogP contribution in [0.25, 0.3) is 0 Å². The van der Waals surface area contributed by atoms with Gasteiger partial charge in [-0.25, -0.2) is 4.98 Å². The quantitative estimate of drug-likeness (QED) is 0.783. The Morgan fingerprint density at radius 1 is 1.41 bits per heavy atom. The third-order valence-corrected chi connectivity index (χ3v) is 5.32. The zero-order valence-corrected chi connectivity index (χ0v) is 14.3. The zero-order valence-electron chi connectivity index (χ0n) is 13.5. The third kappa shape index (κ3) is 4.15. The van der Waals surface area contributed by atoms with Crippen molar-refractivity contribution in [2.24, 2.45) is 5.92 Å². The number of hydrogen-bond acceptors (Lipinski definition) is 5. The number of hydrogen-bond donors (Lipinski definition) is 0. The Balaban J connectivity index is 1.39. The van der Waals surface area contributed by atoms with Crippen LogP contribution in [0.2, 0.25) is 0 Å². The maximum absolute atomic E-state index is 4.34. The molecule has 0 unspecified atom stereocenters. The summed E-state index contributed by atoms with van der Waals surface area (Å²) in [6.07, 6.45) is 5.20. The summed E-state index contributed by atoms with van der Waals surface area (Å²) in [4.78, 5) is 10.8. The van der Waals surface area contributed by atoms with Crippen molar-refractivity contribution in [3.05, 3.63) is 34.5 Å². The van der Waals surface area contributed by atoms with E-state index >= 15 is 0 Å². The molecule has 1 aliphatic heterocycles. The second-order valence-electron chi connectivity index (χ2n) is 6.28. The van der Waals surface area contributed by atoms with Crippen LogP contribution >= 0.6 is 11.3 Å². The summed E-state index contributed by atoms with van der Waals surface area (Å²) in [6.45, 7) is 8.85. The molecule has 0 spiro atoms. The van der Waals surface area contributed by atoms with E-state index in [1.165, 1.54) is 36.6 Å². The van der Waals surface area contributed by atoms with Crippen molar-refractivity contribution >= 4 is 11.3 Å². The molecule has 0 amide bonds. The molecular formula is C16H25N5S. The van der Waals surface area contributed by atoms with E-state index in [-0.39, 0.29) is 0 Å². The fraction of sp³-hybridized carbons (Fsp3) is 0.625. The number of nitrogens with zero attached hydrogens (tertiary/aromatic N) is 5. The van der Waals surface area contributed by atoms with Crippen molar-refractivity contribution in [1.82, 2.24) is 24.6 Å². The van der Waals surface area contributed by atoms with E-state index in [0.29, 0.717) is 0 Å². The lowest BCUT2D eigenvalue weighted by molar-refractivity contribution is 0.253. The molecule has 3 heterocycles. The summed E-state index contributed by atoms with van der Waals surface area (Å²) >= 11 is 1.77. The predicted molar refractivity (Wildman–Crippen MR) is 90.0 cm³/mol. The molecule has 2 aromatic heterocycles. The third-order valence-electron chi connectivity index (χ3n) is 4.40. The Morgan fingerprint density at radius 3 is 3.05 bits per heavy atom. The van der Waals surface area contributed by atoms with Gasteiger partial charge in [-0.05, 0) is 38.9 Å². The van der Waals surface area contributed by atoms with Gasteiger partial charge in [-0.15, -0.1) is 11.3 Å². The van der Waals surface area contributed by atoms with Crippen LogP contribution in [0, 0.1) is 12.8 Å². The van der Waals surface area contributed by atoms with Crippen LogP contribution in [0.5, 0.6) is 0 Å². The van der Waals surface area contributed by atoms with E-state index in [1.807, 2.05) is 28.7 Å². The van der Waals surface area contributed by atoms with Crippen LogP contribution in [-0.2, 0) is 13.1 Å². The lowest BCUT2D eigenvalue weighted by atomic mass is 10.1. The molecule has 2 aromatic rings. The molecule has 0 radical (unpaired) electrons. The highest BCUT2D eigenvalue weighted by molar-refractivity contribution is 7.09. The van der Waals surface area contributed by atoms with Crippen molar-refractivity contribution in [3.63, 3.8) is 0 Å². The monoisotopic (exact) mass is 319 g/mol. The van der Waals surface area contributed by atoms with Crippen LogP contribution in [0.15, 0.2) is 24.0 Å². The normalized spacial score (nSPS) is 19.3. The van der Waals surface area contributed by atoms with Gasteiger partial charge in [0.15, 0.2) is 0 Å². The zero-order chi connectivity index (χ0) is 15.4. The Bertz CT molecular complexity index is 565. The van der Waals surface area contributed by atoms with Crippen molar-refractivity contribution in [2.75, 3.05) is 33.2 Å². The maximum atomic E-state index is 4.34. The standard InChI is InChI=1S/C16H25N5S/c1-14-16(22-13-17-14)12-19(2)10-15-4-7-20(11-15)8-9-21-6-3-5-18-21/h3,5-6,13,15H,4,7-12H2,1-2H3/t15-/m0/s1. The lowest BCUT2D eigenvalue weighted by Gasteiger charge is -2.21. The lowest BCUT2D eigenvalue weighted by Crippen LogP contribution is -2.29. The summed E-state index contributed by atoms with van der Waals surface area (Å²) in [5.74, 6) is 0.788. The van der Waals surface area contributed by atoms with Gasteiger partial charge < -0.3 is 9.80 Å². The largest absolute Gasteiger partial charge is 0.301 e. The van der Waals surface area contributed by atoms with Crippen LogP contribution in [0.4, 0.5) is 0 Å². The van der Waals surface area contributed by atoms with Gasteiger partial charge in [-0.2, -0.15) is 5.10 Å². The molecule has 0 aliphatic carbocycles. The number of rotatable bonds is 7. The SMILES string of the molecule is Cc1ncsc1CN(C)C[C@@H]1CCN(CCn2cccn2)C1. The Hall–Kier alpha value is -1.24. The highest BCUT2D eigenvalue weighted by Crippen LogP contribution is 2.19. The second kappa shape index (κ2) is 7.35. The minimum absolute atomic E-state index is 0.788. The first-order valence-electron chi connectivity index (χ1n) is 7.98. The van der Waals surface area contributed by atoms with Gasteiger partial charge in [-0.1, -0.05) is 0 Å². The highest BCUT2D eigenvalue weighted by Gasteiger charge is 2.23. The van der Waals surface area contributed by atoms with Crippen LogP contribution in [0.3, 0.4) is 0 Å². The van der Waals surface area contributed by atoms with E-state index in [4.69, 9.17) is 0 Å². The molecule has 22 heavy (non-hydrogen) atoms. The average molecular weight is 319 g/mol. The minimum Gasteiger partial charge on any atom is -0.301 e. The smallest absolute Gasteiger partial charge is 0.0798 e. The van der Waals surface area contributed by atoms with Gasteiger partial charge in [0.2, 0.25) is 0 Å². The Morgan fingerprint density at radius 2 is 2.32 bits per heavy atom. The summed E-state index contributed by atoms with van der Waals surface area (Å²) < 4.78 is 2.02. The number of likely N-dealkylation sites (tertiary alicyclic amines) is 1. The number of aryl methyl sites for hydroxylation is 1. The predicted octanol–water partition coefficient (Wildman–Crippen LogP) is 2.10. The van der Waals surface area contributed by atoms with E-state index in [1.54, 1.807) is 11.3 Å². The molecule has 1 atom stereocenters. The van der Waals surface area contributed by atoms with Gasteiger partial charge in [0, 0.05) is 43.4 Å². The van der Waals surface area contributed by atoms with Gasteiger partial charge in [0.1, 0.15) is 0 Å². The van der Waals surface area contributed by atoms with Gasteiger partial charge in [0.25, 0.3) is 0 Å². The average Bonchev–Trinajstić information content (AvgIpc) is 3.21. The number of thiazole rings is 1. The summed E-state index contributed by atoms with van der Waals surface area (Å²) in [5, 5.41) is 4.27. The van der Waals surface area contributed by atoms with Crippen molar-refractivity contribution in [3.8, 4) is 0 Å². The molecule has 0 bridgehead atoms. The molecule has 6 heteroatoms. The van der Waals surface area contributed by atoms with E-state index in [2.05, 4.69) is 33.9 Å². The number of aromatic nitrogens is 3. The summed E-state index contributed by atoms with van der Waals surface area (Å²) in [6, 6.07) is 1.99. The van der Waals surface area contributed by atoms with E-state index in [9.17, 15) is 0 Å². The fourth-order valence-electron chi connectivity index (χ4n) is 3.17. The van der Waals surface area contributed by atoms with E-state index < -0.39 is 0 Å². The van der Waals surface area contributed by atoms with Gasteiger partial charge in [-0.3, -0.25) is 4.68 Å². The first kappa shape index (κ1) is 15.6. The van der Waals surface area contributed by atoms with Crippen LogP contribution < -0.4 is 0 Å². The molecule has 0 N–H and O–H groups in total.